The molecule has 0 radical (unpaired) electrons. The Bertz CT molecular complexity index is 350. The second kappa shape index (κ2) is 3.72. The van der Waals surface area contributed by atoms with E-state index in [4.69, 9.17) is 4.74 Å². The molecule has 1 fully saturated rings. The van der Waals surface area contributed by atoms with Crippen molar-refractivity contribution in [1.82, 2.24) is 4.90 Å². The second-order valence-electron chi connectivity index (χ2n) is 6.79. The number of rotatable bonds is 0. The maximum absolute atomic E-state index is 12.2. The average Bonchev–Trinajstić information content (AvgIpc) is 2.11. The monoisotopic (exact) mass is 241 g/mol. The molecule has 0 saturated carbocycles. The van der Waals surface area contributed by atoms with Gasteiger partial charge in [-0.1, -0.05) is 0 Å². The summed E-state index contributed by atoms with van der Waals surface area (Å²) in [7, 11) is 0. The quantitative estimate of drug-likeness (QED) is 0.655. The first-order valence-electron chi connectivity index (χ1n) is 5.94. The zero-order valence-corrected chi connectivity index (χ0v) is 11.9. The van der Waals surface area contributed by atoms with Crippen molar-refractivity contribution in [3.05, 3.63) is 0 Å². The first kappa shape index (κ1) is 14.0. The highest BCUT2D eigenvalue weighted by atomic mass is 16.6. The number of carbonyl (C=O) groups excluding carboxylic acids is 2. The molecule has 17 heavy (non-hydrogen) atoms. The van der Waals surface area contributed by atoms with Crippen LogP contribution in [0, 0.1) is 0 Å². The van der Waals surface area contributed by atoms with Gasteiger partial charge in [-0.05, 0) is 48.5 Å². The number of hydrogen-bond donors (Lipinski definition) is 0. The minimum Gasteiger partial charge on any atom is -0.444 e. The molecule has 0 N–H and O–H groups in total. The van der Waals surface area contributed by atoms with Crippen molar-refractivity contribution < 1.29 is 14.3 Å². The molecule has 4 heteroatoms. The number of likely N-dealkylation sites (tertiary alicyclic amines) is 1. The second-order valence-corrected chi connectivity index (χ2v) is 6.79. The normalized spacial score (nSPS) is 22.8. The molecule has 4 nitrogen and oxygen atoms in total. The van der Waals surface area contributed by atoms with Gasteiger partial charge in [-0.3, -0.25) is 9.69 Å². The van der Waals surface area contributed by atoms with Crippen molar-refractivity contribution in [1.29, 1.82) is 0 Å². The zero-order valence-electron chi connectivity index (χ0n) is 11.9. The third-order valence-corrected chi connectivity index (χ3v) is 3.02. The Morgan fingerprint density at radius 2 is 1.71 bits per heavy atom. The smallest absolute Gasteiger partial charge is 0.411 e. The van der Waals surface area contributed by atoms with Gasteiger partial charge in [0.05, 0.1) is 5.54 Å². The molecule has 1 heterocycles. The molecule has 0 aromatic carbocycles. The van der Waals surface area contributed by atoms with Crippen LogP contribution >= 0.6 is 0 Å². The highest BCUT2D eigenvalue weighted by molar-refractivity contribution is 5.95. The highest BCUT2D eigenvalue weighted by Gasteiger charge is 2.54. The van der Waals surface area contributed by atoms with Crippen molar-refractivity contribution in [2.75, 3.05) is 0 Å². The Morgan fingerprint density at radius 3 is 2.00 bits per heavy atom. The summed E-state index contributed by atoms with van der Waals surface area (Å²) in [6.45, 7) is 12.8. The van der Waals surface area contributed by atoms with Crippen LogP contribution in [0.1, 0.15) is 54.9 Å². The van der Waals surface area contributed by atoms with E-state index in [1.54, 1.807) is 18.7 Å². The fraction of sp³-hybridized carbons (Fsp3) is 0.846. The van der Waals surface area contributed by atoms with E-state index in [9.17, 15) is 9.59 Å². The van der Waals surface area contributed by atoms with E-state index >= 15 is 0 Å². The summed E-state index contributed by atoms with van der Waals surface area (Å²) in [5.74, 6) is 0.0772. The minimum absolute atomic E-state index is 0.0772. The molecule has 1 aliphatic heterocycles. The Hall–Kier alpha value is -1.06. The van der Waals surface area contributed by atoms with Crippen LogP contribution in [0.15, 0.2) is 0 Å². The Kier molecular flexibility index (Phi) is 3.06. The third kappa shape index (κ3) is 2.61. The van der Waals surface area contributed by atoms with Gasteiger partial charge in [0, 0.05) is 12.0 Å². The maximum Gasteiger partial charge on any atom is 0.411 e. The predicted octanol–water partition coefficient (Wildman–Crippen LogP) is 2.75. The molecular formula is C13H23NO3. The van der Waals surface area contributed by atoms with Crippen LogP contribution in [0.2, 0.25) is 0 Å². The molecule has 0 aromatic heterocycles. The lowest BCUT2D eigenvalue weighted by atomic mass is 9.99. The van der Waals surface area contributed by atoms with Gasteiger partial charge >= 0.3 is 6.09 Å². The lowest BCUT2D eigenvalue weighted by molar-refractivity contribution is -0.123. The maximum atomic E-state index is 12.2. The molecule has 1 saturated heterocycles. The van der Waals surface area contributed by atoms with E-state index in [0.29, 0.717) is 6.42 Å². The summed E-state index contributed by atoms with van der Waals surface area (Å²) in [6, 6.07) is 0. The van der Waals surface area contributed by atoms with Gasteiger partial charge in [0.25, 0.3) is 0 Å². The van der Waals surface area contributed by atoms with Gasteiger partial charge in [-0.2, -0.15) is 0 Å². The summed E-state index contributed by atoms with van der Waals surface area (Å²) >= 11 is 0. The minimum atomic E-state index is -0.786. The summed E-state index contributed by atoms with van der Waals surface area (Å²) < 4.78 is 5.38. The van der Waals surface area contributed by atoms with Crippen LogP contribution in [-0.4, -0.2) is 33.5 Å². The largest absolute Gasteiger partial charge is 0.444 e. The van der Waals surface area contributed by atoms with E-state index in [2.05, 4.69) is 0 Å². The van der Waals surface area contributed by atoms with Crippen LogP contribution in [0.25, 0.3) is 0 Å². The van der Waals surface area contributed by atoms with Crippen molar-refractivity contribution in [2.45, 2.75) is 71.6 Å². The van der Waals surface area contributed by atoms with Gasteiger partial charge in [-0.15, -0.1) is 0 Å². The molecule has 1 amide bonds. The summed E-state index contributed by atoms with van der Waals surface area (Å²) in [5, 5.41) is 0. The number of ketones is 1. The van der Waals surface area contributed by atoms with Crippen molar-refractivity contribution in [3.63, 3.8) is 0 Å². The molecule has 1 aliphatic rings. The standard InChI is InChI=1S/C13H23NO3/c1-11(2,3)17-10(16)14-12(4,5)8-9(15)13(14,6)7/h8H2,1-7H3. The average molecular weight is 241 g/mol. The van der Waals surface area contributed by atoms with E-state index in [1.165, 1.54) is 0 Å². The number of ether oxygens (including phenoxy) is 1. The topological polar surface area (TPSA) is 46.6 Å². The van der Waals surface area contributed by atoms with Gasteiger partial charge in [0.15, 0.2) is 5.78 Å². The van der Waals surface area contributed by atoms with Crippen LogP contribution in [0.5, 0.6) is 0 Å². The van der Waals surface area contributed by atoms with E-state index in [0.717, 1.165) is 0 Å². The van der Waals surface area contributed by atoms with Crippen LogP contribution in [0.4, 0.5) is 4.79 Å². The van der Waals surface area contributed by atoms with Gasteiger partial charge in [0.1, 0.15) is 5.60 Å². The van der Waals surface area contributed by atoms with Gasteiger partial charge in [0.2, 0.25) is 0 Å². The summed E-state index contributed by atoms with van der Waals surface area (Å²) in [5.41, 5.74) is -1.82. The third-order valence-electron chi connectivity index (χ3n) is 3.02. The fourth-order valence-corrected chi connectivity index (χ4v) is 2.35. The summed E-state index contributed by atoms with van der Waals surface area (Å²) in [6.07, 6.45) is -0.0439. The highest BCUT2D eigenvalue weighted by Crippen LogP contribution is 2.38. The van der Waals surface area contributed by atoms with Crippen LogP contribution in [0.3, 0.4) is 0 Å². The Labute approximate surface area is 103 Å². The molecule has 0 aliphatic carbocycles. The molecule has 0 spiro atoms. The van der Waals surface area contributed by atoms with Gasteiger partial charge in [-0.25, -0.2) is 4.79 Å². The lowest BCUT2D eigenvalue weighted by Crippen LogP contribution is -2.54. The molecule has 0 aromatic rings. The van der Waals surface area contributed by atoms with E-state index in [1.807, 2.05) is 34.6 Å². The first-order valence-corrected chi connectivity index (χ1v) is 5.94. The van der Waals surface area contributed by atoms with E-state index in [-0.39, 0.29) is 5.78 Å². The first-order chi connectivity index (χ1) is 7.38. The van der Waals surface area contributed by atoms with Gasteiger partial charge < -0.3 is 4.74 Å². The van der Waals surface area contributed by atoms with E-state index < -0.39 is 22.8 Å². The number of nitrogens with zero attached hydrogens (tertiary/aromatic N) is 1. The Morgan fingerprint density at radius 1 is 1.24 bits per heavy atom. The van der Waals surface area contributed by atoms with Crippen LogP contribution < -0.4 is 0 Å². The number of carbonyl (C=O) groups is 2. The molecule has 1 rings (SSSR count). The van der Waals surface area contributed by atoms with Crippen LogP contribution in [-0.2, 0) is 9.53 Å². The molecule has 0 atom stereocenters. The lowest BCUT2D eigenvalue weighted by Gasteiger charge is -2.39. The van der Waals surface area contributed by atoms with Crippen molar-refractivity contribution >= 4 is 11.9 Å². The fourth-order valence-electron chi connectivity index (χ4n) is 2.35. The SMILES string of the molecule is CC(C)(C)OC(=O)N1C(C)(C)CC(=O)C1(C)C. The predicted molar refractivity (Wildman–Crippen MR) is 65.9 cm³/mol. The summed E-state index contributed by atoms with van der Waals surface area (Å²) in [4.78, 5) is 25.7. The molecule has 0 unspecified atom stereocenters. The number of amides is 1. The Balaban J connectivity index is 3.02. The van der Waals surface area contributed by atoms with Crippen molar-refractivity contribution in [2.24, 2.45) is 0 Å². The number of hydrogen-bond acceptors (Lipinski definition) is 3. The zero-order chi connectivity index (χ0) is 13.6. The molecule has 0 bridgehead atoms. The molecule has 98 valence electrons. The van der Waals surface area contributed by atoms with Crippen molar-refractivity contribution in [3.8, 4) is 0 Å². The number of Topliss-reactive ketones (excluding diaryl/α,β-unsaturated/α-hetero) is 1. The molecular weight excluding hydrogens is 218 g/mol.